The molecule has 0 saturated heterocycles. The SMILES string of the molecule is CC(CCc1ccccc1)NC(=O)c1cnn(-c2ccc(Cl)cc2)c1. The molecular formula is C20H20ClN3O. The minimum Gasteiger partial charge on any atom is -0.349 e. The first-order chi connectivity index (χ1) is 12.1. The van der Waals surface area contributed by atoms with Crippen LogP contribution in [0.1, 0.15) is 29.3 Å². The Hall–Kier alpha value is -2.59. The van der Waals surface area contributed by atoms with Gasteiger partial charge in [0.2, 0.25) is 0 Å². The van der Waals surface area contributed by atoms with Gasteiger partial charge < -0.3 is 5.32 Å². The van der Waals surface area contributed by atoms with Gasteiger partial charge in [-0.2, -0.15) is 5.10 Å². The van der Waals surface area contributed by atoms with Gasteiger partial charge in [-0.3, -0.25) is 4.79 Å². The molecule has 1 atom stereocenters. The van der Waals surface area contributed by atoms with E-state index in [1.165, 1.54) is 5.56 Å². The Balaban J connectivity index is 1.57. The van der Waals surface area contributed by atoms with E-state index in [0.29, 0.717) is 10.6 Å². The van der Waals surface area contributed by atoms with E-state index >= 15 is 0 Å². The normalized spacial score (nSPS) is 11.9. The van der Waals surface area contributed by atoms with E-state index in [2.05, 4.69) is 22.5 Å². The molecule has 0 radical (unpaired) electrons. The lowest BCUT2D eigenvalue weighted by atomic mass is 10.1. The van der Waals surface area contributed by atoms with E-state index in [1.54, 1.807) is 29.2 Å². The quantitative estimate of drug-likeness (QED) is 0.719. The van der Waals surface area contributed by atoms with Gasteiger partial charge in [0, 0.05) is 17.3 Å². The third kappa shape index (κ3) is 4.70. The van der Waals surface area contributed by atoms with Crippen LogP contribution in [-0.4, -0.2) is 21.7 Å². The van der Waals surface area contributed by atoms with Crippen LogP contribution >= 0.6 is 11.6 Å². The van der Waals surface area contributed by atoms with Gasteiger partial charge in [0.15, 0.2) is 0 Å². The average Bonchev–Trinajstić information content (AvgIpc) is 3.12. The third-order valence-electron chi connectivity index (χ3n) is 4.02. The van der Waals surface area contributed by atoms with Crippen molar-refractivity contribution in [2.45, 2.75) is 25.8 Å². The fraction of sp³-hybridized carbons (Fsp3) is 0.200. The van der Waals surface area contributed by atoms with Crippen LogP contribution in [0.25, 0.3) is 5.69 Å². The summed E-state index contributed by atoms with van der Waals surface area (Å²) in [6.45, 7) is 2.02. The number of amides is 1. The summed E-state index contributed by atoms with van der Waals surface area (Å²) in [5, 5.41) is 7.95. The Labute approximate surface area is 152 Å². The Morgan fingerprint density at radius 3 is 2.60 bits per heavy atom. The van der Waals surface area contributed by atoms with Gasteiger partial charge >= 0.3 is 0 Å². The first-order valence-corrected chi connectivity index (χ1v) is 8.65. The molecule has 1 aromatic heterocycles. The maximum absolute atomic E-state index is 12.4. The van der Waals surface area contributed by atoms with Crippen molar-refractivity contribution in [1.29, 1.82) is 0 Å². The van der Waals surface area contributed by atoms with E-state index in [9.17, 15) is 4.79 Å². The molecule has 3 rings (SSSR count). The minimum atomic E-state index is -0.110. The second-order valence-electron chi connectivity index (χ2n) is 6.05. The standard InChI is InChI=1S/C20H20ClN3O/c1-15(7-8-16-5-3-2-4-6-16)23-20(25)17-13-22-24(14-17)19-11-9-18(21)10-12-19/h2-6,9-15H,7-8H2,1H3,(H,23,25). The predicted molar refractivity (Wildman–Crippen MR) is 100 cm³/mol. The van der Waals surface area contributed by atoms with Crippen molar-refractivity contribution in [2.24, 2.45) is 0 Å². The molecule has 0 aliphatic rings. The summed E-state index contributed by atoms with van der Waals surface area (Å²) in [5.74, 6) is -0.110. The monoisotopic (exact) mass is 353 g/mol. The zero-order valence-electron chi connectivity index (χ0n) is 14.0. The molecule has 1 amide bonds. The van der Waals surface area contributed by atoms with Crippen molar-refractivity contribution < 1.29 is 4.79 Å². The van der Waals surface area contributed by atoms with E-state index in [1.807, 2.05) is 37.3 Å². The molecule has 0 spiro atoms. The topological polar surface area (TPSA) is 46.9 Å². The lowest BCUT2D eigenvalue weighted by Gasteiger charge is -2.13. The van der Waals surface area contributed by atoms with Crippen LogP contribution in [0.2, 0.25) is 5.02 Å². The number of carbonyl (C=O) groups excluding carboxylic acids is 1. The van der Waals surface area contributed by atoms with Gasteiger partial charge in [-0.15, -0.1) is 0 Å². The van der Waals surface area contributed by atoms with Crippen LogP contribution in [0.15, 0.2) is 67.0 Å². The number of halogens is 1. The van der Waals surface area contributed by atoms with Gasteiger partial charge in [-0.1, -0.05) is 41.9 Å². The minimum absolute atomic E-state index is 0.0894. The number of benzene rings is 2. The highest BCUT2D eigenvalue weighted by Gasteiger charge is 2.12. The van der Waals surface area contributed by atoms with Crippen LogP contribution < -0.4 is 5.32 Å². The van der Waals surface area contributed by atoms with Gasteiger partial charge in [0.1, 0.15) is 0 Å². The smallest absolute Gasteiger partial charge is 0.254 e. The van der Waals surface area contributed by atoms with Crippen LogP contribution in [0.4, 0.5) is 0 Å². The van der Waals surface area contributed by atoms with Gasteiger partial charge in [0.05, 0.1) is 17.4 Å². The molecule has 5 heteroatoms. The lowest BCUT2D eigenvalue weighted by Crippen LogP contribution is -2.32. The molecule has 0 bridgehead atoms. The number of hydrogen-bond acceptors (Lipinski definition) is 2. The Morgan fingerprint density at radius 1 is 1.16 bits per heavy atom. The molecule has 2 aromatic carbocycles. The zero-order valence-corrected chi connectivity index (χ0v) is 14.8. The summed E-state index contributed by atoms with van der Waals surface area (Å²) in [5.41, 5.74) is 2.68. The van der Waals surface area contributed by atoms with Gasteiger partial charge in [0.25, 0.3) is 5.91 Å². The molecule has 4 nitrogen and oxygen atoms in total. The number of carbonyl (C=O) groups is 1. The first-order valence-electron chi connectivity index (χ1n) is 8.27. The van der Waals surface area contributed by atoms with Crippen molar-refractivity contribution in [2.75, 3.05) is 0 Å². The molecule has 3 aromatic rings. The molecule has 0 fully saturated rings. The molecule has 1 N–H and O–H groups in total. The third-order valence-corrected chi connectivity index (χ3v) is 4.27. The van der Waals surface area contributed by atoms with Crippen molar-refractivity contribution in [3.63, 3.8) is 0 Å². The van der Waals surface area contributed by atoms with E-state index < -0.39 is 0 Å². The van der Waals surface area contributed by atoms with E-state index in [0.717, 1.165) is 18.5 Å². The summed E-state index contributed by atoms with van der Waals surface area (Å²) >= 11 is 5.89. The number of rotatable bonds is 6. The number of nitrogens with zero attached hydrogens (tertiary/aromatic N) is 2. The second kappa shape index (κ2) is 7.99. The molecule has 1 heterocycles. The molecular weight excluding hydrogens is 334 g/mol. The molecule has 1 unspecified atom stereocenters. The van der Waals surface area contributed by atoms with Crippen LogP contribution in [-0.2, 0) is 6.42 Å². The van der Waals surface area contributed by atoms with Crippen molar-refractivity contribution in [3.8, 4) is 5.69 Å². The molecule has 0 saturated carbocycles. The molecule has 25 heavy (non-hydrogen) atoms. The highest BCUT2D eigenvalue weighted by molar-refractivity contribution is 6.30. The molecule has 128 valence electrons. The highest BCUT2D eigenvalue weighted by Crippen LogP contribution is 2.13. The molecule has 0 aliphatic heterocycles. The van der Waals surface area contributed by atoms with Crippen molar-refractivity contribution in [3.05, 3.63) is 83.1 Å². The zero-order chi connectivity index (χ0) is 17.6. The van der Waals surface area contributed by atoms with Gasteiger partial charge in [-0.05, 0) is 49.6 Å². The summed E-state index contributed by atoms with van der Waals surface area (Å²) in [6, 6.07) is 17.7. The van der Waals surface area contributed by atoms with Crippen molar-refractivity contribution >= 4 is 17.5 Å². The van der Waals surface area contributed by atoms with E-state index in [-0.39, 0.29) is 11.9 Å². The van der Waals surface area contributed by atoms with E-state index in [4.69, 9.17) is 11.6 Å². The first kappa shape index (κ1) is 17.2. The highest BCUT2D eigenvalue weighted by atomic mass is 35.5. The van der Waals surface area contributed by atoms with Crippen LogP contribution in [0.5, 0.6) is 0 Å². The summed E-state index contributed by atoms with van der Waals surface area (Å²) in [7, 11) is 0. The largest absolute Gasteiger partial charge is 0.349 e. The molecule has 0 aliphatic carbocycles. The number of hydrogen-bond donors (Lipinski definition) is 1. The lowest BCUT2D eigenvalue weighted by molar-refractivity contribution is 0.0938. The Kier molecular flexibility index (Phi) is 5.51. The van der Waals surface area contributed by atoms with Gasteiger partial charge in [-0.25, -0.2) is 4.68 Å². The average molecular weight is 354 g/mol. The Bertz CT molecular complexity index is 828. The summed E-state index contributed by atoms with van der Waals surface area (Å²) < 4.78 is 1.67. The van der Waals surface area contributed by atoms with Crippen LogP contribution in [0.3, 0.4) is 0 Å². The maximum atomic E-state index is 12.4. The fourth-order valence-corrected chi connectivity index (χ4v) is 2.71. The number of aromatic nitrogens is 2. The summed E-state index contributed by atoms with van der Waals surface area (Å²) in [4.78, 5) is 12.4. The maximum Gasteiger partial charge on any atom is 0.254 e. The Morgan fingerprint density at radius 2 is 1.88 bits per heavy atom. The van der Waals surface area contributed by atoms with Crippen molar-refractivity contribution in [1.82, 2.24) is 15.1 Å². The number of nitrogens with one attached hydrogen (secondary N) is 1. The number of aryl methyl sites for hydroxylation is 1. The predicted octanol–water partition coefficient (Wildman–Crippen LogP) is 4.28. The fourth-order valence-electron chi connectivity index (χ4n) is 2.58. The van der Waals surface area contributed by atoms with Crippen LogP contribution in [0, 0.1) is 0 Å². The second-order valence-corrected chi connectivity index (χ2v) is 6.49. The summed E-state index contributed by atoms with van der Waals surface area (Å²) in [6.07, 6.45) is 5.13.